The van der Waals surface area contributed by atoms with E-state index >= 15 is 0 Å². The Morgan fingerprint density at radius 3 is 2.74 bits per heavy atom. The molecule has 1 fully saturated rings. The van der Waals surface area contributed by atoms with Crippen molar-refractivity contribution >= 4 is 22.8 Å². The zero-order valence-electron chi connectivity index (χ0n) is 16.5. The standard InChI is InChI=1S/C22H28N2O3/c1-4-16-10-8-9-13-24(16)20(25)14-27-22(26)21-15(3)18(5-2)23-19-12-7-6-11-17(19)21/h6-7,11-12,16H,4-5,8-10,13-14H2,1-3H3/t16-/m1/s1. The van der Waals surface area contributed by atoms with Crippen LogP contribution >= 0.6 is 0 Å². The van der Waals surface area contributed by atoms with E-state index in [9.17, 15) is 9.59 Å². The molecule has 0 saturated carbocycles. The minimum Gasteiger partial charge on any atom is -0.452 e. The van der Waals surface area contributed by atoms with Crippen LogP contribution in [0.5, 0.6) is 0 Å². The van der Waals surface area contributed by atoms with Crippen LogP contribution in [0.15, 0.2) is 24.3 Å². The van der Waals surface area contributed by atoms with E-state index in [0.29, 0.717) is 5.56 Å². The lowest BCUT2D eigenvalue weighted by atomic mass is 10.00. The molecule has 2 aromatic rings. The number of piperidine rings is 1. The highest BCUT2D eigenvalue weighted by Crippen LogP contribution is 2.25. The molecule has 1 aliphatic heterocycles. The first-order valence-electron chi connectivity index (χ1n) is 9.91. The molecule has 1 aliphatic rings. The second-order valence-electron chi connectivity index (χ2n) is 7.15. The molecule has 0 N–H and O–H groups in total. The van der Waals surface area contributed by atoms with Gasteiger partial charge in [-0.15, -0.1) is 0 Å². The quantitative estimate of drug-likeness (QED) is 0.747. The first-order valence-corrected chi connectivity index (χ1v) is 9.91. The molecule has 1 atom stereocenters. The Hall–Kier alpha value is -2.43. The van der Waals surface area contributed by atoms with Crippen molar-refractivity contribution in [1.29, 1.82) is 0 Å². The molecule has 5 nitrogen and oxygen atoms in total. The molecular weight excluding hydrogens is 340 g/mol. The number of hydrogen-bond donors (Lipinski definition) is 0. The van der Waals surface area contributed by atoms with Crippen LogP contribution in [0.1, 0.15) is 61.1 Å². The Labute approximate surface area is 160 Å². The van der Waals surface area contributed by atoms with Crippen molar-refractivity contribution in [3.8, 4) is 0 Å². The summed E-state index contributed by atoms with van der Waals surface area (Å²) in [5, 5.41) is 0.772. The second kappa shape index (κ2) is 8.51. The van der Waals surface area contributed by atoms with Crippen molar-refractivity contribution in [3.05, 3.63) is 41.1 Å². The first kappa shape index (κ1) is 19.3. The minimum atomic E-state index is -0.445. The van der Waals surface area contributed by atoms with Crippen molar-refractivity contribution in [1.82, 2.24) is 9.88 Å². The highest BCUT2D eigenvalue weighted by molar-refractivity contribution is 6.05. The van der Waals surface area contributed by atoms with E-state index in [1.807, 2.05) is 43.0 Å². The van der Waals surface area contributed by atoms with Crippen LogP contribution in [-0.4, -0.2) is 41.0 Å². The fourth-order valence-corrected chi connectivity index (χ4v) is 4.00. The summed E-state index contributed by atoms with van der Waals surface area (Å²) in [7, 11) is 0. The highest BCUT2D eigenvalue weighted by atomic mass is 16.5. The molecule has 0 unspecified atom stereocenters. The fourth-order valence-electron chi connectivity index (χ4n) is 4.00. The zero-order valence-corrected chi connectivity index (χ0v) is 16.5. The summed E-state index contributed by atoms with van der Waals surface area (Å²) in [5.41, 5.74) is 3.02. The number of pyridine rings is 1. The van der Waals surface area contributed by atoms with E-state index in [-0.39, 0.29) is 18.6 Å². The van der Waals surface area contributed by atoms with E-state index < -0.39 is 5.97 Å². The topological polar surface area (TPSA) is 59.5 Å². The molecule has 3 rings (SSSR count). The summed E-state index contributed by atoms with van der Waals surface area (Å²) < 4.78 is 5.47. The lowest BCUT2D eigenvalue weighted by molar-refractivity contribution is -0.138. The van der Waals surface area contributed by atoms with Gasteiger partial charge in [0.1, 0.15) is 0 Å². The Bertz CT molecular complexity index is 847. The average Bonchev–Trinajstić information content (AvgIpc) is 2.71. The summed E-state index contributed by atoms with van der Waals surface area (Å²) in [4.78, 5) is 32.0. The number of amides is 1. The normalized spacial score (nSPS) is 17.1. The van der Waals surface area contributed by atoms with Crippen LogP contribution < -0.4 is 0 Å². The predicted molar refractivity (Wildman–Crippen MR) is 106 cm³/mol. The van der Waals surface area contributed by atoms with Crippen molar-refractivity contribution < 1.29 is 14.3 Å². The van der Waals surface area contributed by atoms with E-state index in [0.717, 1.165) is 60.8 Å². The van der Waals surface area contributed by atoms with E-state index in [1.54, 1.807) is 0 Å². The Balaban J connectivity index is 1.80. The maximum absolute atomic E-state index is 12.9. The lowest BCUT2D eigenvalue weighted by Gasteiger charge is -2.35. The van der Waals surface area contributed by atoms with Gasteiger partial charge in [-0.25, -0.2) is 4.79 Å². The van der Waals surface area contributed by atoms with Crippen molar-refractivity contribution in [2.45, 2.75) is 58.9 Å². The van der Waals surface area contributed by atoms with Gasteiger partial charge in [0.25, 0.3) is 5.91 Å². The highest BCUT2D eigenvalue weighted by Gasteiger charge is 2.27. The SMILES string of the molecule is CCc1nc2ccccc2c(C(=O)OCC(=O)N2CCCC[C@H]2CC)c1C. The smallest absolute Gasteiger partial charge is 0.339 e. The third-order valence-electron chi connectivity index (χ3n) is 5.52. The maximum atomic E-state index is 12.9. The summed E-state index contributed by atoms with van der Waals surface area (Å²) in [5.74, 6) is -0.541. The molecule has 0 spiro atoms. The van der Waals surface area contributed by atoms with Gasteiger partial charge in [0.2, 0.25) is 0 Å². The molecule has 1 aromatic heterocycles. The van der Waals surface area contributed by atoms with Crippen LogP contribution in [0.3, 0.4) is 0 Å². The van der Waals surface area contributed by atoms with Crippen molar-refractivity contribution in [2.24, 2.45) is 0 Å². The van der Waals surface area contributed by atoms with Gasteiger partial charge in [-0.1, -0.05) is 32.0 Å². The number of rotatable bonds is 5. The van der Waals surface area contributed by atoms with Gasteiger partial charge < -0.3 is 9.64 Å². The summed E-state index contributed by atoms with van der Waals surface area (Å²) in [6, 6.07) is 7.83. The van der Waals surface area contributed by atoms with Gasteiger partial charge in [-0.3, -0.25) is 9.78 Å². The number of carbonyl (C=O) groups is 2. The van der Waals surface area contributed by atoms with E-state index in [2.05, 4.69) is 11.9 Å². The number of hydrogen-bond acceptors (Lipinski definition) is 4. The van der Waals surface area contributed by atoms with Crippen LogP contribution in [0.4, 0.5) is 0 Å². The molecule has 1 aromatic carbocycles. The third-order valence-corrected chi connectivity index (χ3v) is 5.52. The van der Waals surface area contributed by atoms with Gasteiger partial charge in [0, 0.05) is 23.7 Å². The molecule has 0 bridgehead atoms. The molecule has 1 saturated heterocycles. The monoisotopic (exact) mass is 368 g/mol. The molecule has 0 aliphatic carbocycles. The number of para-hydroxylation sites is 1. The Morgan fingerprint density at radius 1 is 1.22 bits per heavy atom. The summed E-state index contributed by atoms with van der Waals surface area (Å²) in [6.45, 7) is 6.57. The molecule has 1 amide bonds. The number of aryl methyl sites for hydroxylation is 1. The van der Waals surface area contributed by atoms with Crippen molar-refractivity contribution in [3.63, 3.8) is 0 Å². The zero-order chi connectivity index (χ0) is 19.4. The van der Waals surface area contributed by atoms with Crippen molar-refractivity contribution in [2.75, 3.05) is 13.2 Å². The number of carbonyl (C=O) groups excluding carboxylic acids is 2. The molecular formula is C22H28N2O3. The van der Waals surface area contributed by atoms with Crippen LogP contribution in [0.2, 0.25) is 0 Å². The minimum absolute atomic E-state index is 0.0957. The van der Waals surface area contributed by atoms with Crippen LogP contribution in [0, 0.1) is 6.92 Å². The average molecular weight is 368 g/mol. The molecule has 5 heteroatoms. The van der Waals surface area contributed by atoms with Crippen LogP contribution in [-0.2, 0) is 16.0 Å². The number of esters is 1. The number of ether oxygens (including phenoxy) is 1. The van der Waals surface area contributed by atoms with Gasteiger partial charge in [0.15, 0.2) is 6.61 Å². The fraction of sp³-hybridized carbons (Fsp3) is 0.500. The van der Waals surface area contributed by atoms with E-state index in [1.165, 1.54) is 0 Å². The number of nitrogens with zero attached hydrogens (tertiary/aromatic N) is 2. The largest absolute Gasteiger partial charge is 0.452 e. The number of benzene rings is 1. The Morgan fingerprint density at radius 2 is 2.00 bits per heavy atom. The maximum Gasteiger partial charge on any atom is 0.339 e. The molecule has 0 radical (unpaired) electrons. The van der Waals surface area contributed by atoms with Gasteiger partial charge >= 0.3 is 5.97 Å². The predicted octanol–water partition coefficient (Wildman–Crippen LogP) is 4.05. The number of fused-ring (bicyclic) bond motifs is 1. The molecule has 144 valence electrons. The van der Waals surface area contributed by atoms with Gasteiger partial charge in [-0.2, -0.15) is 0 Å². The molecule has 2 heterocycles. The van der Waals surface area contributed by atoms with E-state index in [4.69, 9.17) is 4.74 Å². The lowest BCUT2D eigenvalue weighted by Crippen LogP contribution is -2.45. The molecule has 27 heavy (non-hydrogen) atoms. The number of likely N-dealkylation sites (tertiary alicyclic amines) is 1. The Kier molecular flexibility index (Phi) is 6.09. The van der Waals surface area contributed by atoms with Crippen LogP contribution in [0.25, 0.3) is 10.9 Å². The summed E-state index contributed by atoms with van der Waals surface area (Å²) in [6.07, 6.45) is 4.88. The van der Waals surface area contributed by atoms with Gasteiger partial charge in [0.05, 0.1) is 11.1 Å². The second-order valence-corrected chi connectivity index (χ2v) is 7.15. The summed E-state index contributed by atoms with van der Waals surface area (Å²) >= 11 is 0. The number of aromatic nitrogens is 1. The first-order chi connectivity index (χ1) is 13.1. The third kappa shape index (κ3) is 3.97. The van der Waals surface area contributed by atoms with Gasteiger partial charge in [-0.05, 0) is 50.7 Å².